The summed E-state index contributed by atoms with van der Waals surface area (Å²) in [5.74, 6) is 3.24. The van der Waals surface area contributed by atoms with E-state index in [9.17, 15) is 0 Å². The van der Waals surface area contributed by atoms with Crippen molar-refractivity contribution in [3.63, 3.8) is 0 Å². The van der Waals surface area contributed by atoms with E-state index in [0.717, 1.165) is 23.7 Å². The quantitative estimate of drug-likeness (QED) is 0.572. The maximum absolute atomic E-state index is 3.61. The van der Waals surface area contributed by atoms with Crippen LogP contribution in [0, 0.1) is 23.7 Å². The van der Waals surface area contributed by atoms with Crippen LogP contribution in [0.25, 0.3) is 0 Å². The van der Waals surface area contributed by atoms with Gasteiger partial charge in [0, 0.05) is 6.04 Å². The van der Waals surface area contributed by atoms with Gasteiger partial charge in [0.25, 0.3) is 0 Å². The van der Waals surface area contributed by atoms with Crippen LogP contribution < -0.4 is 5.32 Å². The lowest BCUT2D eigenvalue weighted by atomic mass is 9.76. The highest BCUT2D eigenvalue weighted by Gasteiger charge is 2.27. The monoisotopic (exact) mass is 255 g/mol. The molecule has 0 bridgehead atoms. The first kappa shape index (κ1) is 18.0. The summed E-state index contributed by atoms with van der Waals surface area (Å²) in [6.07, 6.45) is 6.82. The number of rotatable bonds is 10. The van der Waals surface area contributed by atoms with Crippen molar-refractivity contribution in [2.45, 2.75) is 79.7 Å². The average molecular weight is 255 g/mol. The molecule has 0 heterocycles. The first-order valence-corrected chi connectivity index (χ1v) is 8.15. The van der Waals surface area contributed by atoms with Gasteiger partial charge in [-0.1, -0.05) is 67.2 Å². The van der Waals surface area contributed by atoms with E-state index < -0.39 is 0 Å². The molecule has 0 saturated carbocycles. The van der Waals surface area contributed by atoms with E-state index >= 15 is 0 Å². The average Bonchev–Trinajstić information content (AvgIpc) is 2.31. The van der Waals surface area contributed by atoms with Gasteiger partial charge < -0.3 is 5.32 Å². The molecule has 110 valence electrons. The zero-order valence-corrected chi connectivity index (χ0v) is 13.9. The molecule has 2 atom stereocenters. The molecular formula is C17H37N. The van der Waals surface area contributed by atoms with Crippen LogP contribution in [0.2, 0.25) is 0 Å². The normalized spacial score (nSPS) is 15.7. The van der Waals surface area contributed by atoms with Crippen molar-refractivity contribution in [1.29, 1.82) is 0 Å². The summed E-state index contributed by atoms with van der Waals surface area (Å²) < 4.78 is 0. The maximum Gasteiger partial charge on any atom is 0.00998 e. The zero-order chi connectivity index (χ0) is 14.1. The molecule has 0 aliphatic rings. The van der Waals surface area contributed by atoms with E-state index in [-0.39, 0.29) is 0 Å². The Labute approximate surface area is 116 Å². The van der Waals surface area contributed by atoms with E-state index in [1.54, 1.807) is 0 Å². The Morgan fingerprint density at radius 1 is 0.944 bits per heavy atom. The lowest BCUT2D eigenvalue weighted by Gasteiger charge is -2.35. The third kappa shape index (κ3) is 6.22. The molecule has 0 aliphatic heterocycles. The molecule has 18 heavy (non-hydrogen) atoms. The number of unbranched alkanes of at least 4 members (excludes halogenated alkanes) is 1. The first-order chi connectivity index (χ1) is 8.47. The van der Waals surface area contributed by atoms with E-state index in [4.69, 9.17) is 0 Å². The molecule has 0 saturated heterocycles. The summed E-state index contributed by atoms with van der Waals surface area (Å²) in [5, 5.41) is 3.61. The van der Waals surface area contributed by atoms with E-state index in [1.807, 2.05) is 0 Å². The lowest BCUT2D eigenvalue weighted by molar-refractivity contribution is 0.184. The third-order valence-corrected chi connectivity index (χ3v) is 4.51. The van der Waals surface area contributed by atoms with Crippen LogP contribution in [-0.4, -0.2) is 13.1 Å². The summed E-state index contributed by atoms with van der Waals surface area (Å²) >= 11 is 0. The highest BCUT2D eigenvalue weighted by atomic mass is 14.9. The lowest BCUT2D eigenvalue weighted by Crippen LogP contribution is -2.40. The molecule has 1 heteroatoms. The predicted molar refractivity (Wildman–Crippen MR) is 83.9 cm³/mol. The SMILES string of the molecule is CCCCC(CC)CC(NC)C(C(C)C)C(C)C. The fourth-order valence-corrected chi connectivity index (χ4v) is 3.51. The molecule has 0 rings (SSSR count). The van der Waals surface area contributed by atoms with Gasteiger partial charge in [-0.25, -0.2) is 0 Å². The molecular weight excluding hydrogens is 218 g/mol. The molecule has 1 N–H and O–H groups in total. The largest absolute Gasteiger partial charge is 0.317 e. The van der Waals surface area contributed by atoms with Crippen molar-refractivity contribution in [1.82, 2.24) is 5.32 Å². The van der Waals surface area contributed by atoms with Gasteiger partial charge in [0.15, 0.2) is 0 Å². The molecule has 1 nitrogen and oxygen atoms in total. The Bertz CT molecular complexity index is 178. The maximum atomic E-state index is 3.61. The van der Waals surface area contributed by atoms with Gasteiger partial charge in [-0.2, -0.15) is 0 Å². The Hall–Kier alpha value is -0.0400. The van der Waals surface area contributed by atoms with E-state index in [0.29, 0.717) is 6.04 Å². The van der Waals surface area contributed by atoms with Crippen LogP contribution in [0.3, 0.4) is 0 Å². The van der Waals surface area contributed by atoms with Gasteiger partial charge in [0.1, 0.15) is 0 Å². The molecule has 0 aromatic heterocycles. The Morgan fingerprint density at radius 2 is 1.50 bits per heavy atom. The number of nitrogens with one attached hydrogen (secondary N) is 1. The van der Waals surface area contributed by atoms with Gasteiger partial charge in [-0.3, -0.25) is 0 Å². The minimum Gasteiger partial charge on any atom is -0.317 e. The van der Waals surface area contributed by atoms with Gasteiger partial charge in [0.2, 0.25) is 0 Å². The Morgan fingerprint density at radius 3 is 1.83 bits per heavy atom. The zero-order valence-electron chi connectivity index (χ0n) is 13.9. The predicted octanol–water partition coefficient (Wildman–Crippen LogP) is 5.11. The van der Waals surface area contributed by atoms with Crippen LogP contribution in [0.5, 0.6) is 0 Å². The number of hydrogen-bond donors (Lipinski definition) is 1. The van der Waals surface area contributed by atoms with Crippen LogP contribution in [0.15, 0.2) is 0 Å². The first-order valence-electron chi connectivity index (χ1n) is 8.15. The van der Waals surface area contributed by atoms with Gasteiger partial charge in [-0.15, -0.1) is 0 Å². The molecule has 0 aromatic rings. The topological polar surface area (TPSA) is 12.0 Å². The highest BCUT2D eigenvalue weighted by Crippen LogP contribution is 2.30. The third-order valence-electron chi connectivity index (χ3n) is 4.51. The summed E-state index contributed by atoms with van der Waals surface area (Å²) in [4.78, 5) is 0. The van der Waals surface area contributed by atoms with Crippen molar-refractivity contribution in [2.75, 3.05) is 7.05 Å². The van der Waals surface area contributed by atoms with Crippen molar-refractivity contribution in [2.24, 2.45) is 23.7 Å². The molecule has 0 spiro atoms. The van der Waals surface area contributed by atoms with Crippen LogP contribution in [0.4, 0.5) is 0 Å². The second-order valence-electron chi connectivity index (χ2n) is 6.61. The summed E-state index contributed by atoms with van der Waals surface area (Å²) in [7, 11) is 2.15. The highest BCUT2D eigenvalue weighted by molar-refractivity contribution is 4.82. The van der Waals surface area contributed by atoms with Crippen LogP contribution >= 0.6 is 0 Å². The summed E-state index contributed by atoms with van der Waals surface area (Å²) in [5.41, 5.74) is 0. The van der Waals surface area contributed by atoms with Crippen molar-refractivity contribution in [3.8, 4) is 0 Å². The molecule has 0 aliphatic carbocycles. The van der Waals surface area contributed by atoms with Gasteiger partial charge >= 0.3 is 0 Å². The second kappa shape index (κ2) is 9.83. The molecule has 0 fully saturated rings. The van der Waals surface area contributed by atoms with Crippen molar-refractivity contribution >= 4 is 0 Å². The molecule has 0 radical (unpaired) electrons. The van der Waals surface area contributed by atoms with Crippen molar-refractivity contribution < 1.29 is 0 Å². The summed E-state index contributed by atoms with van der Waals surface area (Å²) in [6.45, 7) is 14.2. The van der Waals surface area contributed by atoms with Crippen molar-refractivity contribution in [3.05, 3.63) is 0 Å². The van der Waals surface area contributed by atoms with E-state index in [1.165, 1.54) is 32.1 Å². The molecule has 2 unspecified atom stereocenters. The minimum absolute atomic E-state index is 0.687. The van der Waals surface area contributed by atoms with Gasteiger partial charge in [-0.05, 0) is 37.1 Å². The fraction of sp³-hybridized carbons (Fsp3) is 1.00. The Kier molecular flexibility index (Phi) is 9.81. The standard InChI is InChI=1S/C17H37N/c1-8-10-11-15(9-2)12-16(18-7)17(13(3)4)14(5)6/h13-18H,8-12H2,1-7H3. The van der Waals surface area contributed by atoms with E-state index in [2.05, 4.69) is 53.9 Å². The minimum atomic E-state index is 0.687. The van der Waals surface area contributed by atoms with Gasteiger partial charge in [0.05, 0.1) is 0 Å². The van der Waals surface area contributed by atoms with Crippen LogP contribution in [-0.2, 0) is 0 Å². The fourth-order valence-electron chi connectivity index (χ4n) is 3.51. The number of hydrogen-bond acceptors (Lipinski definition) is 1. The second-order valence-corrected chi connectivity index (χ2v) is 6.61. The summed E-state index contributed by atoms with van der Waals surface area (Å²) in [6, 6.07) is 0.687. The Balaban J connectivity index is 4.53. The molecule has 0 aromatic carbocycles. The van der Waals surface area contributed by atoms with Crippen LogP contribution in [0.1, 0.15) is 73.6 Å². The molecule has 0 amide bonds. The smallest absolute Gasteiger partial charge is 0.00998 e.